The van der Waals surface area contributed by atoms with E-state index in [0.29, 0.717) is 23.2 Å². The number of halogens is 3. The molecule has 234 valence electrons. The second kappa shape index (κ2) is 13.8. The van der Waals surface area contributed by atoms with Gasteiger partial charge in [0, 0.05) is 38.5 Å². The first kappa shape index (κ1) is 32.3. The highest BCUT2D eigenvalue weighted by Crippen LogP contribution is 2.47. The number of benzene rings is 2. The van der Waals surface area contributed by atoms with Crippen molar-refractivity contribution in [1.82, 2.24) is 0 Å². The van der Waals surface area contributed by atoms with E-state index < -0.39 is 36.7 Å². The van der Waals surface area contributed by atoms with Crippen molar-refractivity contribution in [3.8, 4) is 0 Å². The third kappa shape index (κ3) is 7.13. The molecule has 1 spiro atoms. The van der Waals surface area contributed by atoms with Gasteiger partial charge in [0.2, 0.25) is 5.60 Å². The van der Waals surface area contributed by atoms with Gasteiger partial charge in [-0.25, -0.2) is 9.59 Å². The number of hydrogen-bond acceptors (Lipinski definition) is 8. The lowest BCUT2D eigenvalue weighted by molar-refractivity contribution is -0.956. The molecule has 2 aromatic rings. The van der Waals surface area contributed by atoms with Gasteiger partial charge < -0.3 is 33.3 Å². The summed E-state index contributed by atoms with van der Waals surface area (Å²) in [6.07, 6.45) is 0.622. The third-order valence-electron chi connectivity index (χ3n) is 8.62. The van der Waals surface area contributed by atoms with Crippen molar-refractivity contribution in [1.29, 1.82) is 0 Å². The Morgan fingerprint density at radius 2 is 1.35 bits per heavy atom. The Morgan fingerprint density at radius 3 is 1.79 bits per heavy atom. The topological polar surface area (TPSA) is 111 Å². The fraction of sp³-hybridized carbons (Fsp3) is 0.516. The number of aliphatic carboxylic acids is 1. The van der Waals surface area contributed by atoms with Crippen LogP contribution in [0.5, 0.6) is 0 Å². The molecule has 12 heteroatoms. The van der Waals surface area contributed by atoms with Gasteiger partial charge in [0.05, 0.1) is 31.8 Å². The summed E-state index contributed by atoms with van der Waals surface area (Å²) in [7, 11) is 0. The monoisotopic (exact) mass is 607 g/mol. The number of esters is 1. The molecular weight excluding hydrogens is 571 g/mol. The molecule has 0 amide bonds. The van der Waals surface area contributed by atoms with E-state index in [2.05, 4.69) is 0 Å². The lowest BCUT2D eigenvalue weighted by Crippen LogP contribution is -2.60. The van der Waals surface area contributed by atoms with Crippen LogP contribution in [0.3, 0.4) is 0 Å². The molecule has 3 fully saturated rings. The maximum atomic E-state index is 14.2. The molecule has 2 bridgehead atoms. The first-order valence-electron chi connectivity index (χ1n) is 14.4. The third-order valence-corrected chi connectivity index (χ3v) is 8.62. The molecule has 0 radical (unpaired) electrons. The highest BCUT2D eigenvalue weighted by molar-refractivity contribution is 5.86. The summed E-state index contributed by atoms with van der Waals surface area (Å²) in [5.74, 6) is -3.49. The molecule has 2 unspecified atom stereocenters. The second-order valence-electron chi connectivity index (χ2n) is 10.9. The SMILES string of the molecule is CCOC(=O)OCOC(C(=O)OC1CC2CCC(C1)[N+]21CCCC1)(c1ccccc1)c1ccccc1.O=C([O-])C(F)(F)F. The number of hydrogen-bond donors (Lipinski definition) is 0. The van der Waals surface area contributed by atoms with Gasteiger partial charge in [-0.1, -0.05) is 60.7 Å². The Kier molecular flexibility index (Phi) is 10.3. The molecular formula is C31H36F3NO8. The summed E-state index contributed by atoms with van der Waals surface area (Å²) in [4.78, 5) is 34.8. The number of piperidine rings is 1. The Balaban J connectivity index is 0.000000541. The number of carboxylic acid groups (broad SMARTS) is 1. The summed E-state index contributed by atoms with van der Waals surface area (Å²) in [5.41, 5.74) is -0.336. The van der Waals surface area contributed by atoms with Crippen LogP contribution >= 0.6 is 0 Å². The smallest absolute Gasteiger partial charge is 0.510 e. The molecule has 3 saturated heterocycles. The number of rotatable bonds is 8. The fourth-order valence-electron chi connectivity index (χ4n) is 6.84. The van der Waals surface area contributed by atoms with Crippen molar-refractivity contribution in [2.24, 2.45) is 0 Å². The van der Waals surface area contributed by atoms with Crippen LogP contribution in [0, 0.1) is 0 Å². The summed E-state index contributed by atoms with van der Waals surface area (Å²) in [5, 5.41) is 8.78. The van der Waals surface area contributed by atoms with E-state index in [0.717, 1.165) is 12.8 Å². The maximum Gasteiger partial charge on any atom is 0.510 e. The van der Waals surface area contributed by atoms with E-state index in [1.807, 2.05) is 60.7 Å². The van der Waals surface area contributed by atoms with Crippen molar-refractivity contribution in [3.05, 3.63) is 71.8 Å². The number of alkyl halides is 3. The molecule has 0 N–H and O–H groups in total. The average Bonchev–Trinajstić information content (AvgIpc) is 3.53. The largest absolute Gasteiger partial charge is 0.542 e. The van der Waals surface area contributed by atoms with Crippen LogP contribution in [0.15, 0.2) is 60.7 Å². The van der Waals surface area contributed by atoms with Crippen molar-refractivity contribution in [3.63, 3.8) is 0 Å². The van der Waals surface area contributed by atoms with Crippen LogP contribution in [-0.2, 0) is 34.1 Å². The molecule has 0 aliphatic carbocycles. The quantitative estimate of drug-likeness (QED) is 0.249. The molecule has 3 aliphatic heterocycles. The normalized spacial score (nSPS) is 22.3. The number of nitrogens with zero attached hydrogens (tertiary/aromatic N) is 1. The summed E-state index contributed by atoms with van der Waals surface area (Å²) >= 11 is 0. The van der Waals surface area contributed by atoms with Gasteiger partial charge in [0.25, 0.3) is 0 Å². The van der Waals surface area contributed by atoms with Crippen LogP contribution in [-0.4, -0.2) is 73.4 Å². The number of carbonyl (C=O) groups is 3. The van der Waals surface area contributed by atoms with E-state index in [-0.39, 0.29) is 12.7 Å². The molecule has 43 heavy (non-hydrogen) atoms. The van der Waals surface area contributed by atoms with Gasteiger partial charge in [0.1, 0.15) is 12.1 Å². The Labute approximate surface area is 248 Å². The minimum Gasteiger partial charge on any atom is -0.542 e. The van der Waals surface area contributed by atoms with Gasteiger partial charge in [-0.3, -0.25) is 0 Å². The second-order valence-corrected chi connectivity index (χ2v) is 10.9. The predicted molar refractivity (Wildman–Crippen MR) is 144 cm³/mol. The van der Waals surface area contributed by atoms with E-state index in [9.17, 15) is 22.8 Å². The molecule has 9 nitrogen and oxygen atoms in total. The number of quaternary nitrogens is 1. The number of ether oxygens (including phenoxy) is 4. The zero-order valence-corrected chi connectivity index (χ0v) is 23.9. The van der Waals surface area contributed by atoms with Crippen molar-refractivity contribution in [2.75, 3.05) is 26.5 Å². The highest BCUT2D eigenvalue weighted by atomic mass is 19.4. The van der Waals surface area contributed by atoms with Crippen molar-refractivity contribution >= 4 is 18.1 Å². The van der Waals surface area contributed by atoms with Crippen molar-refractivity contribution < 1.29 is 56.1 Å². The minimum atomic E-state index is -5.19. The van der Waals surface area contributed by atoms with Crippen LogP contribution in [0.25, 0.3) is 0 Å². The Morgan fingerprint density at radius 1 is 0.860 bits per heavy atom. The fourth-order valence-corrected chi connectivity index (χ4v) is 6.84. The maximum absolute atomic E-state index is 14.2. The average molecular weight is 608 g/mol. The summed E-state index contributed by atoms with van der Waals surface area (Å²) in [6.45, 7) is 3.97. The molecule has 2 atom stereocenters. The van der Waals surface area contributed by atoms with Crippen LogP contribution < -0.4 is 5.11 Å². The molecule has 3 heterocycles. The molecule has 2 aromatic carbocycles. The Bertz CT molecular complexity index is 1180. The van der Waals surface area contributed by atoms with E-state index in [4.69, 9.17) is 28.8 Å². The molecule has 5 rings (SSSR count). The Hall–Kier alpha value is -3.64. The first-order chi connectivity index (χ1) is 20.5. The zero-order valence-electron chi connectivity index (χ0n) is 23.9. The summed E-state index contributed by atoms with van der Waals surface area (Å²) in [6, 6.07) is 19.7. The van der Waals surface area contributed by atoms with E-state index in [1.165, 1.54) is 43.3 Å². The first-order valence-corrected chi connectivity index (χ1v) is 14.4. The van der Waals surface area contributed by atoms with E-state index in [1.54, 1.807) is 6.92 Å². The molecule has 3 aliphatic rings. The van der Waals surface area contributed by atoms with Gasteiger partial charge in [0.15, 0.2) is 6.79 Å². The molecule has 0 aromatic heterocycles. The van der Waals surface area contributed by atoms with Gasteiger partial charge in [-0.15, -0.1) is 0 Å². The number of carboxylic acids is 1. The number of carbonyl (C=O) groups excluding carboxylic acids is 3. The standard InChI is InChI=1S/C29H36NO6.C2HF3O2/c1-2-33-28(32)34-21-35-29(22-11-5-3-6-12-22,23-13-7-4-8-14-23)27(31)36-26-19-24-15-16-25(20-26)30(24)17-9-10-18-30;3-2(4,5)1(6)7/h3-8,11-14,24-26H,2,9-10,15-21H2,1H3;(H,6,7)/q+1;/p-1. The van der Waals surface area contributed by atoms with Gasteiger partial charge >= 0.3 is 18.3 Å². The van der Waals surface area contributed by atoms with Gasteiger partial charge in [-0.2, -0.15) is 13.2 Å². The highest BCUT2D eigenvalue weighted by Gasteiger charge is 2.57. The molecule has 0 saturated carbocycles. The zero-order chi connectivity index (χ0) is 31.1. The van der Waals surface area contributed by atoms with Gasteiger partial charge in [-0.05, 0) is 18.1 Å². The van der Waals surface area contributed by atoms with Crippen molar-refractivity contribution in [2.45, 2.75) is 75.4 Å². The summed E-state index contributed by atoms with van der Waals surface area (Å²) < 4.78 is 55.3. The van der Waals surface area contributed by atoms with E-state index >= 15 is 0 Å². The predicted octanol–water partition coefficient (Wildman–Crippen LogP) is 4.22. The van der Waals surface area contributed by atoms with Crippen LogP contribution in [0.1, 0.15) is 56.6 Å². The lowest BCUT2D eigenvalue weighted by Gasteiger charge is -2.47. The van der Waals surface area contributed by atoms with Crippen LogP contribution in [0.2, 0.25) is 0 Å². The van der Waals surface area contributed by atoms with Crippen LogP contribution in [0.4, 0.5) is 18.0 Å². The minimum absolute atomic E-state index is 0.152. The lowest BCUT2D eigenvalue weighted by atomic mass is 9.85.